The Morgan fingerprint density at radius 3 is 2.57 bits per heavy atom. The quantitative estimate of drug-likeness (QED) is 0.752. The van der Waals surface area contributed by atoms with Crippen LogP contribution in [-0.2, 0) is 11.2 Å². The van der Waals surface area contributed by atoms with Crippen LogP contribution >= 0.6 is 0 Å². The Morgan fingerprint density at radius 1 is 1.14 bits per heavy atom. The van der Waals surface area contributed by atoms with Crippen molar-refractivity contribution in [2.75, 3.05) is 39.3 Å². The van der Waals surface area contributed by atoms with Gasteiger partial charge in [0.2, 0.25) is 5.91 Å². The second-order valence-corrected chi connectivity index (χ2v) is 7.15. The van der Waals surface area contributed by atoms with Gasteiger partial charge < -0.3 is 14.7 Å². The number of amides is 2. The van der Waals surface area contributed by atoms with Crippen LogP contribution in [0.25, 0.3) is 0 Å². The fourth-order valence-electron chi connectivity index (χ4n) is 3.34. The van der Waals surface area contributed by atoms with E-state index in [1.54, 1.807) is 17.9 Å². The lowest BCUT2D eigenvalue weighted by Crippen LogP contribution is -2.50. The summed E-state index contributed by atoms with van der Waals surface area (Å²) >= 11 is 0. The highest BCUT2D eigenvalue weighted by atomic mass is 16.5. The molecule has 1 aromatic carbocycles. The Bertz CT molecular complexity index is 767. The molecular formula is C21H28N4O3. The first-order valence-electron chi connectivity index (χ1n) is 9.87. The highest BCUT2D eigenvalue weighted by Crippen LogP contribution is 2.09. The van der Waals surface area contributed by atoms with Crippen molar-refractivity contribution in [3.8, 4) is 0 Å². The lowest BCUT2D eigenvalue weighted by molar-refractivity contribution is -0.121. The van der Waals surface area contributed by atoms with Crippen LogP contribution in [0.5, 0.6) is 0 Å². The van der Waals surface area contributed by atoms with Gasteiger partial charge >= 0.3 is 0 Å². The summed E-state index contributed by atoms with van der Waals surface area (Å²) in [6.07, 6.45) is 2.34. The minimum Gasteiger partial charge on any atom is -0.361 e. The van der Waals surface area contributed by atoms with Crippen LogP contribution in [0.2, 0.25) is 0 Å². The molecule has 1 aromatic heterocycles. The minimum atomic E-state index is -0.0804. The Balaban J connectivity index is 1.28. The molecule has 2 heterocycles. The topological polar surface area (TPSA) is 78.7 Å². The van der Waals surface area contributed by atoms with E-state index in [1.165, 1.54) is 5.56 Å². The standard InChI is InChI=1S/C21H28N4O3/c1-17-16-19(23-28-17)21(27)25-14-12-24(13-15-25)11-10-22-20(26)9-5-8-18-6-3-2-4-7-18/h2-4,6-7,16H,5,8-15H2,1H3,(H,22,26). The molecule has 1 saturated heterocycles. The highest BCUT2D eigenvalue weighted by molar-refractivity contribution is 5.92. The maximum Gasteiger partial charge on any atom is 0.276 e. The summed E-state index contributed by atoms with van der Waals surface area (Å²) < 4.78 is 4.98. The lowest BCUT2D eigenvalue weighted by atomic mass is 10.1. The third-order valence-electron chi connectivity index (χ3n) is 4.97. The van der Waals surface area contributed by atoms with Gasteiger partial charge in [0.1, 0.15) is 5.76 Å². The van der Waals surface area contributed by atoms with Gasteiger partial charge in [0.05, 0.1) is 0 Å². The number of benzene rings is 1. The van der Waals surface area contributed by atoms with E-state index < -0.39 is 0 Å². The average Bonchev–Trinajstić information content (AvgIpc) is 3.15. The van der Waals surface area contributed by atoms with E-state index in [9.17, 15) is 9.59 Å². The SMILES string of the molecule is Cc1cc(C(=O)N2CCN(CCNC(=O)CCCc3ccccc3)CC2)no1. The Hall–Kier alpha value is -2.67. The minimum absolute atomic E-state index is 0.0804. The average molecular weight is 384 g/mol. The van der Waals surface area contributed by atoms with Gasteiger partial charge in [0, 0.05) is 51.8 Å². The number of nitrogens with zero attached hydrogens (tertiary/aromatic N) is 3. The molecule has 0 bridgehead atoms. The van der Waals surface area contributed by atoms with Gasteiger partial charge in [-0.1, -0.05) is 35.5 Å². The van der Waals surface area contributed by atoms with Gasteiger partial charge in [-0.25, -0.2) is 0 Å². The number of piperazine rings is 1. The molecule has 2 aromatic rings. The van der Waals surface area contributed by atoms with Crippen molar-refractivity contribution >= 4 is 11.8 Å². The van der Waals surface area contributed by atoms with Gasteiger partial charge in [0.25, 0.3) is 5.91 Å². The summed E-state index contributed by atoms with van der Waals surface area (Å²) in [6.45, 7) is 6.14. The Labute approximate surface area is 165 Å². The summed E-state index contributed by atoms with van der Waals surface area (Å²) in [4.78, 5) is 28.4. The van der Waals surface area contributed by atoms with Crippen LogP contribution in [0, 0.1) is 6.92 Å². The zero-order valence-electron chi connectivity index (χ0n) is 16.4. The van der Waals surface area contributed by atoms with E-state index in [-0.39, 0.29) is 11.8 Å². The summed E-state index contributed by atoms with van der Waals surface area (Å²) in [5.74, 6) is 0.663. The van der Waals surface area contributed by atoms with Crippen molar-refractivity contribution in [1.29, 1.82) is 0 Å². The van der Waals surface area contributed by atoms with Crippen molar-refractivity contribution < 1.29 is 14.1 Å². The molecule has 0 radical (unpaired) electrons. The van der Waals surface area contributed by atoms with Gasteiger partial charge in [-0.05, 0) is 25.3 Å². The van der Waals surface area contributed by atoms with Gasteiger partial charge in [-0.15, -0.1) is 0 Å². The zero-order valence-corrected chi connectivity index (χ0v) is 16.4. The van der Waals surface area contributed by atoms with E-state index >= 15 is 0 Å². The second kappa shape index (κ2) is 10.0. The van der Waals surface area contributed by atoms with Crippen LogP contribution < -0.4 is 5.32 Å². The van der Waals surface area contributed by atoms with Crippen LogP contribution in [-0.4, -0.2) is 66.0 Å². The smallest absolute Gasteiger partial charge is 0.276 e. The molecule has 150 valence electrons. The first-order valence-corrected chi connectivity index (χ1v) is 9.87. The lowest BCUT2D eigenvalue weighted by Gasteiger charge is -2.34. The predicted molar refractivity (Wildman–Crippen MR) is 106 cm³/mol. The number of hydrogen-bond acceptors (Lipinski definition) is 5. The predicted octanol–water partition coefficient (Wildman–Crippen LogP) is 1.88. The summed E-state index contributed by atoms with van der Waals surface area (Å²) in [6, 6.07) is 11.9. The van der Waals surface area contributed by atoms with Crippen LogP contribution in [0.1, 0.15) is 34.7 Å². The molecule has 1 aliphatic heterocycles. The molecule has 1 fully saturated rings. The second-order valence-electron chi connectivity index (χ2n) is 7.15. The van der Waals surface area contributed by atoms with E-state index in [2.05, 4.69) is 27.5 Å². The molecule has 1 N–H and O–H groups in total. The molecule has 2 amide bonds. The van der Waals surface area contributed by atoms with Gasteiger partial charge in [-0.2, -0.15) is 0 Å². The van der Waals surface area contributed by atoms with Gasteiger partial charge in [-0.3, -0.25) is 14.5 Å². The number of carbonyl (C=O) groups excluding carboxylic acids is 2. The molecule has 1 aliphatic rings. The van der Waals surface area contributed by atoms with E-state index in [0.29, 0.717) is 37.5 Å². The number of carbonyl (C=O) groups is 2. The zero-order chi connectivity index (χ0) is 19.8. The molecule has 0 atom stereocenters. The molecule has 0 spiro atoms. The summed E-state index contributed by atoms with van der Waals surface area (Å²) in [5.41, 5.74) is 1.64. The summed E-state index contributed by atoms with van der Waals surface area (Å²) in [7, 11) is 0. The Kier molecular flexibility index (Phi) is 7.19. The molecule has 7 heteroatoms. The maximum atomic E-state index is 12.4. The molecule has 0 unspecified atom stereocenters. The van der Waals surface area contributed by atoms with E-state index in [1.807, 2.05) is 18.2 Å². The molecule has 0 aliphatic carbocycles. The monoisotopic (exact) mass is 384 g/mol. The number of aryl methyl sites for hydroxylation is 2. The van der Waals surface area contributed by atoms with Gasteiger partial charge in [0.15, 0.2) is 5.69 Å². The largest absolute Gasteiger partial charge is 0.361 e. The van der Waals surface area contributed by atoms with Crippen molar-refractivity contribution in [3.63, 3.8) is 0 Å². The molecule has 7 nitrogen and oxygen atoms in total. The first kappa shape index (κ1) is 20.1. The van der Waals surface area contributed by atoms with Crippen LogP contribution in [0.4, 0.5) is 0 Å². The van der Waals surface area contributed by atoms with Crippen molar-refractivity contribution in [3.05, 3.63) is 53.4 Å². The van der Waals surface area contributed by atoms with E-state index in [4.69, 9.17) is 4.52 Å². The number of rotatable bonds is 8. The molecule has 28 heavy (non-hydrogen) atoms. The fraction of sp³-hybridized carbons (Fsp3) is 0.476. The Morgan fingerprint density at radius 2 is 1.89 bits per heavy atom. The summed E-state index contributed by atoms with van der Waals surface area (Å²) in [5, 5.41) is 6.79. The first-order chi connectivity index (χ1) is 13.6. The molecule has 0 saturated carbocycles. The number of aromatic nitrogens is 1. The molecule has 3 rings (SSSR count). The van der Waals surface area contributed by atoms with Crippen molar-refractivity contribution in [2.45, 2.75) is 26.2 Å². The third-order valence-corrected chi connectivity index (χ3v) is 4.97. The van der Waals surface area contributed by atoms with Crippen molar-refractivity contribution in [2.24, 2.45) is 0 Å². The van der Waals surface area contributed by atoms with Crippen molar-refractivity contribution in [1.82, 2.24) is 20.3 Å². The molecular weight excluding hydrogens is 356 g/mol. The number of nitrogens with one attached hydrogen (secondary N) is 1. The fourth-order valence-corrected chi connectivity index (χ4v) is 3.34. The van der Waals surface area contributed by atoms with E-state index in [0.717, 1.165) is 32.5 Å². The third kappa shape index (κ3) is 5.92. The van der Waals surface area contributed by atoms with Crippen LogP contribution in [0.15, 0.2) is 40.9 Å². The highest BCUT2D eigenvalue weighted by Gasteiger charge is 2.24. The van der Waals surface area contributed by atoms with Crippen LogP contribution in [0.3, 0.4) is 0 Å². The normalized spacial score (nSPS) is 14.8. The number of hydrogen-bond donors (Lipinski definition) is 1. The maximum absolute atomic E-state index is 12.4.